The number of aliphatic carboxylic acids is 1. The maximum absolute atomic E-state index is 13.0. The second-order valence-electron chi connectivity index (χ2n) is 6.92. The highest BCUT2D eigenvalue weighted by Crippen LogP contribution is 2.35. The van der Waals surface area contributed by atoms with Crippen LogP contribution in [0, 0.1) is 0 Å². The molecular weight excluding hydrogens is 409 g/mol. The quantitative estimate of drug-likeness (QED) is 0.532. The fraction of sp³-hybridized carbons (Fsp3) is 0.217. The van der Waals surface area contributed by atoms with E-state index in [4.69, 9.17) is 9.84 Å². The van der Waals surface area contributed by atoms with Crippen molar-refractivity contribution in [3.8, 4) is 17.1 Å². The molecule has 1 aromatic heterocycles. The van der Waals surface area contributed by atoms with Crippen LogP contribution in [-0.4, -0.2) is 30.2 Å². The van der Waals surface area contributed by atoms with E-state index in [1.807, 2.05) is 36.2 Å². The molecule has 0 atom stereocenters. The van der Waals surface area contributed by atoms with Crippen LogP contribution in [0.15, 0.2) is 60.7 Å². The van der Waals surface area contributed by atoms with Crippen molar-refractivity contribution in [3.63, 3.8) is 0 Å². The molecule has 0 aliphatic carbocycles. The molecule has 0 bridgehead atoms. The standard InChI is InChI=1S/C23H21F3N2O3/c1-28(18-9-6-15(7-10-18)8-13-21(29)30)20-12-11-19(27-22(20)31-2)16-4-3-5-17(14-16)23(24,25)26/h3-7,9-12,14H,8,13H2,1-2H3,(H,29,30). The number of pyridine rings is 1. The van der Waals surface area contributed by atoms with Crippen molar-refractivity contribution in [1.82, 2.24) is 4.98 Å². The van der Waals surface area contributed by atoms with E-state index in [2.05, 4.69) is 4.98 Å². The number of carbonyl (C=O) groups is 1. The Balaban J connectivity index is 1.87. The van der Waals surface area contributed by atoms with Crippen molar-refractivity contribution in [2.24, 2.45) is 0 Å². The van der Waals surface area contributed by atoms with Crippen LogP contribution in [-0.2, 0) is 17.4 Å². The number of aryl methyl sites for hydroxylation is 1. The molecule has 0 radical (unpaired) electrons. The number of alkyl halides is 3. The van der Waals surface area contributed by atoms with Gasteiger partial charge in [0.05, 0.1) is 18.4 Å². The first kappa shape index (κ1) is 22.1. The number of rotatable bonds is 7. The van der Waals surface area contributed by atoms with E-state index in [0.717, 1.165) is 23.4 Å². The molecule has 0 unspecified atom stereocenters. The van der Waals surface area contributed by atoms with Gasteiger partial charge in [-0.15, -0.1) is 0 Å². The Morgan fingerprint density at radius 1 is 1.10 bits per heavy atom. The van der Waals surface area contributed by atoms with E-state index in [0.29, 0.717) is 23.4 Å². The number of hydrogen-bond acceptors (Lipinski definition) is 4. The minimum absolute atomic E-state index is 0.0595. The summed E-state index contributed by atoms with van der Waals surface area (Å²) >= 11 is 0. The lowest BCUT2D eigenvalue weighted by Crippen LogP contribution is -2.12. The lowest BCUT2D eigenvalue weighted by Gasteiger charge is -2.22. The van der Waals surface area contributed by atoms with Gasteiger partial charge in [0.2, 0.25) is 5.88 Å². The number of carboxylic acids is 1. The average Bonchev–Trinajstić information content (AvgIpc) is 2.76. The highest BCUT2D eigenvalue weighted by molar-refractivity contribution is 5.71. The van der Waals surface area contributed by atoms with E-state index in [-0.39, 0.29) is 12.3 Å². The molecule has 1 N–H and O–H groups in total. The Morgan fingerprint density at radius 3 is 2.42 bits per heavy atom. The number of aromatic nitrogens is 1. The van der Waals surface area contributed by atoms with E-state index in [9.17, 15) is 18.0 Å². The van der Waals surface area contributed by atoms with Gasteiger partial charge in [-0.25, -0.2) is 4.98 Å². The number of ether oxygens (including phenoxy) is 1. The Morgan fingerprint density at radius 2 is 1.81 bits per heavy atom. The number of hydrogen-bond donors (Lipinski definition) is 1. The Kier molecular flexibility index (Phi) is 6.48. The van der Waals surface area contributed by atoms with Crippen LogP contribution in [0.1, 0.15) is 17.5 Å². The Bertz CT molecular complexity index is 1070. The van der Waals surface area contributed by atoms with Crippen molar-refractivity contribution < 1.29 is 27.8 Å². The van der Waals surface area contributed by atoms with Crippen LogP contribution in [0.25, 0.3) is 11.3 Å². The van der Waals surface area contributed by atoms with Gasteiger partial charge in [0.25, 0.3) is 0 Å². The summed E-state index contributed by atoms with van der Waals surface area (Å²) in [5.41, 5.74) is 2.33. The monoisotopic (exact) mass is 430 g/mol. The lowest BCUT2D eigenvalue weighted by molar-refractivity contribution is -0.138. The largest absolute Gasteiger partial charge is 0.481 e. The smallest absolute Gasteiger partial charge is 0.416 e. The van der Waals surface area contributed by atoms with E-state index in [1.54, 1.807) is 18.2 Å². The predicted molar refractivity (Wildman–Crippen MR) is 112 cm³/mol. The van der Waals surface area contributed by atoms with Crippen molar-refractivity contribution in [3.05, 3.63) is 71.8 Å². The van der Waals surface area contributed by atoms with Gasteiger partial charge >= 0.3 is 12.1 Å². The summed E-state index contributed by atoms with van der Waals surface area (Å²) in [7, 11) is 3.26. The van der Waals surface area contributed by atoms with Crippen LogP contribution in [0.3, 0.4) is 0 Å². The fourth-order valence-electron chi connectivity index (χ4n) is 3.13. The summed E-state index contributed by atoms with van der Waals surface area (Å²) in [5.74, 6) is -0.578. The lowest BCUT2D eigenvalue weighted by atomic mass is 10.1. The molecule has 0 fully saturated rings. The summed E-state index contributed by atoms with van der Waals surface area (Å²) in [5, 5.41) is 8.80. The summed E-state index contributed by atoms with van der Waals surface area (Å²) in [4.78, 5) is 17.0. The molecule has 162 valence electrons. The zero-order valence-electron chi connectivity index (χ0n) is 17.0. The normalized spacial score (nSPS) is 11.3. The van der Waals surface area contributed by atoms with Gasteiger partial charge in [0, 0.05) is 24.7 Å². The summed E-state index contributed by atoms with van der Waals surface area (Å²) in [6.07, 6.45) is -3.93. The van der Waals surface area contributed by atoms with E-state index >= 15 is 0 Å². The van der Waals surface area contributed by atoms with Gasteiger partial charge in [0.15, 0.2) is 0 Å². The fourth-order valence-corrected chi connectivity index (χ4v) is 3.13. The third kappa shape index (κ3) is 5.33. The minimum Gasteiger partial charge on any atom is -0.481 e. The molecule has 0 saturated carbocycles. The molecule has 0 aliphatic heterocycles. The molecule has 2 aromatic carbocycles. The third-order valence-electron chi connectivity index (χ3n) is 4.83. The van der Waals surface area contributed by atoms with Gasteiger partial charge < -0.3 is 14.7 Å². The maximum atomic E-state index is 13.0. The number of methoxy groups -OCH3 is 1. The van der Waals surface area contributed by atoms with Gasteiger partial charge in [-0.05, 0) is 48.4 Å². The van der Waals surface area contributed by atoms with Crippen molar-refractivity contribution in [1.29, 1.82) is 0 Å². The SMILES string of the molecule is COc1nc(-c2cccc(C(F)(F)F)c2)ccc1N(C)c1ccc(CCC(=O)O)cc1. The highest BCUT2D eigenvalue weighted by Gasteiger charge is 2.30. The Labute approximate surface area is 177 Å². The third-order valence-corrected chi connectivity index (χ3v) is 4.83. The first-order chi connectivity index (χ1) is 14.7. The number of halogens is 3. The molecule has 3 rings (SSSR count). The highest BCUT2D eigenvalue weighted by atomic mass is 19.4. The molecule has 8 heteroatoms. The number of carboxylic acid groups (broad SMARTS) is 1. The first-order valence-electron chi connectivity index (χ1n) is 9.46. The molecule has 31 heavy (non-hydrogen) atoms. The molecule has 0 aliphatic rings. The van der Waals surface area contributed by atoms with Gasteiger partial charge in [-0.3, -0.25) is 4.79 Å². The maximum Gasteiger partial charge on any atom is 0.416 e. The molecule has 0 amide bonds. The molecule has 5 nitrogen and oxygen atoms in total. The number of benzene rings is 2. The van der Waals surface area contributed by atoms with E-state index in [1.165, 1.54) is 13.2 Å². The summed E-state index contributed by atoms with van der Waals surface area (Å²) in [6, 6.07) is 15.8. The molecule has 1 heterocycles. The molecule has 0 spiro atoms. The van der Waals surface area contributed by atoms with Crippen LogP contribution < -0.4 is 9.64 Å². The van der Waals surface area contributed by atoms with Crippen LogP contribution in [0.4, 0.5) is 24.5 Å². The molecule has 0 saturated heterocycles. The van der Waals surface area contributed by atoms with Gasteiger partial charge in [-0.1, -0.05) is 24.3 Å². The topological polar surface area (TPSA) is 62.7 Å². The zero-order chi connectivity index (χ0) is 22.6. The van der Waals surface area contributed by atoms with Crippen LogP contribution in [0.2, 0.25) is 0 Å². The first-order valence-corrected chi connectivity index (χ1v) is 9.46. The number of nitrogens with zero attached hydrogens (tertiary/aromatic N) is 2. The second-order valence-corrected chi connectivity index (χ2v) is 6.92. The molecular formula is C23H21F3N2O3. The van der Waals surface area contributed by atoms with Crippen molar-refractivity contribution in [2.45, 2.75) is 19.0 Å². The van der Waals surface area contributed by atoms with Crippen molar-refractivity contribution in [2.75, 3.05) is 19.1 Å². The van der Waals surface area contributed by atoms with Gasteiger partial charge in [-0.2, -0.15) is 13.2 Å². The summed E-state index contributed by atoms with van der Waals surface area (Å²) in [6.45, 7) is 0. The number of anilines is 2. The minimum atomic E-state index is -4.43. The van der Waals surface area contributed by atoms with Crippen molar-refractivity contribution >= 4 is 17.3 Å². The summed E-state index contributed by atoms with van der Waals surface area (Å²) < 4.78 is 44.5. The van der Waals surface area contributed by atoms with Gasteiger partial charge in [0.1, 0.15) is 5.69 Å². The zero-order valence-corrected chi connectivity index (χ0v) is 17.0. The Hall–Kier alpha value is -3.55. The average molecular weight is 430 g/mol. The molecule has 3 aromatic rings. The van der Waals surface area contributed by atoms with Crippen LogP contribution >= 0.6 is 0 Å². The van der Waals surface area contributed by atoms with E-state index < -0.39 is 17.7 Å². The van der Waals surface area contributed by atoms with Crippen LogP contribution in [0.5, 0.6) is 5.88 Å². The predicted octanol–water partition coefficient (Wildman–Crippen LogP) is 5.56. The second kappa shape index (κ2) is 9.07.